The van der Waals surface area contributed by atoms with Crippen molar-refractivity contribution < 1.29 is 19.1 Å². The van der Waals surface area contributed by atoms with Gasteiger partial charge in [-0.1, -0.05) is 18.2 Å². The van der Waals surface area contributed by atoms with E-state index >= 15 is 0 Å². The predicted octanol–water partition coefficient (Wildman–Crippen LogP) is 1.02. The molecule has 112 valence electrons. The summed E-state index contributed by atoms with van der Waals surface area (Å²) in [5, 5.41) is 5.03. The van der Waals surface area contributed by atoms with Crippen LogP contribution < -0.4 is 10.6 Å². The molecule has 0 bridgehead atoms. The minimum Gasteiger partial charge on any atom is -0.466 e. The predicted molar refractivity (Wildman–Crippen MR) is 80.6 cm³/mol. The van der Waals surface area contributed by atoms with Gasteiger partial charge in [0.15, 0.2) is 0 Å². The Bertz CT molecular complexity index is 558. The van der Waals surface area contributed by atoms with E-state index in [2.05, 4.69) is 31.3 Å². The summed E-state index contributed by atoms with van der Waals surface area (Å²) in [7, 11) is 1.27. The van der Waals surface area contributed by atoms with E-state index < -0.39 is 5.97 Å². The van der Waals surface area contributed by atoms with E-state index in [0.29, 0.717) is 10.0 Å². The molecule has 0 spiro atoms. The summed E-state index contributed by atoms with van der Waals surface area (Å²) >= 11 is 3.26. The van der Waals surface area contributed by atoms with Crippen molar-refractivity contribution >= 4 is 33.7 Å². The number of benzene rings is 1. The normalized spacial score (nSPS) is 10.2. The molecule has 0 atom stereocenters. The molecule has 21 heavy (non-hydrogen) atoms. The zero-order valence-electron chi connectivity index (χ0n) is 11.4. The van der Waals surface area contributed by atoms with Crippen LogP contribution in [0.4, 0.5) is 0 Å². The summed E-state index contributed by atoms with van der Waals surface area (Å²) < 4.78 is 5.05. The number of hydrogen-bond donors (Lipinski definition) is 2. The number of hydrogen-bond acceptors (Lipinski definition) is 4. The molecule has 0 saturated heterocycles. The van der Waals surface area contributed by atoms with Crippen molar-refractivity contribution in [3.8, 4) is 0 Å². The maximum absolute atomic E-state index is 11.8. The third-order valence-electron chi connectivity index (χ3n) is 2.40. The monoisotopic (exact) mass is 354 g/mol. The van der Waals surface area contributed by atoms with Crippen molar-refractivity contribution in [1.29, 1.82) is 0 Å². The Morgan fingerprint density at radius 2 is 1.95 bits per heavy atom. The van der Waals surface area contributed by atoms with E-state index in [1.165, 1.54) is 19.3 Å². The summed E-state index contributed by atoms with van der Waals surface area (Å²) in [4.78, 5) is 34.1. The SMILES string of the molecule is COC(=O)/C=C/CNC(=O)CNC(=O)c1ccccc1Br. The molecule has 1 aromatic carbocycles. The molecule has 0 fully saturated rings. The van der Waals surface area contributed by atoms with E-state index in [1.807, 2.05) is 0 Å². The Hall–Kier alpha value is -2.15. The van der Waals surface area contributed by atoms with E-state index in [9.17, 15) is 14.4 Å². The van der Waals surface area contributed by atoms with Crippen molar-refractivity contribution in [2.75, 3.05) is 20.2 Å². The first-order chi connectivity index (χ1) is 10.0. The first kappa shape index (κ1) is 16.9. The van der Waals surface area contributed by atoms with Gasteiger partial charge in [-0.05, 0) is 28.1 Å². The third kappa shape index (κ3) is 6.22. The molecule has 0 heterocycles. The van der Waals surface area contributed by atoms with Crippen LogP contribution in [0.1, 0.15) is 10.4 Å². The molecule has 0 saturated carbocycles. The van der Waals surface area contributed by atoms with Crippen LogP contribution in [0, 0.1) is 0 Å². The van der Waals surface area contributed by atoms with Crippen LogP contribution >= 0.6 is 15.9 Å². The zero-order valence-corrected chi connectivity index (χ0v) is 13.0. The zero-order chi connectivity index (χ0) is 15.7. The van der Waals surface area contributed by atoms with Crippen LogP contribution in [0.15, 0.2) is 40.9 Å². The highest BCUT2D eigenvalue weighted by atomic mass is 79.9. The molecule has 0 aromatic heterocycles. The van der Waals surface area contributed by atoms with Gasteiger partial charge in [0.05, 0.1) is 19.2 Å². The standard InChI is InChI=1S/C14H15BrN2O4/c1-21-13(19)7-4-8-16-12(18)9-17-14(20)10-5-2-3-6-11(10)15/h2-7H,8-9H2,1H3,(H,16,18)(H,17,20)/b7-4+. The van der Waals surface area contributed by atoms with Crippen LogP contribution in [0.5, 0.6) is 0 Å². The Morgan fingerprint density at radius 1 is 1.24 bits per heavy atom. The molecule has 7 heteroatoms. The van der Waals surface area contributed by atoms with E-state index in [4.69, 9.17) is 0 Å². The van der Waals surface area contributed by atoms with Crippen LogP contribution in [0.2, 0.25) is 0 Å². The molecule has 0 aliphatic carbocycles. The van der Waals surface area contributed by atoms with Gasteiger partial charge in [0.2, 0.25) is 5.91 Å². The fraction of sp³-hybridized carbons (Fsp3) is 0.214. The topological polar surface area (TPSA) is 84.5 Å². The number of carbonyl (C=O) groups excluding carboxylic acids is 3. The highest BCUT2D eigenvalue weighted by Crippen LogP contribution is 2.15. The van der Waals surface area contributed by atoms with E-state index in [-0.39, 0.29) is 24.9 Å². The van der Waals surface area contributed by atoms with Crippen molar-refractivity contribution in [2.24, 2.45) is 0 Å². The molecular formula is C14H15BrN2O4. The number of esters is 1. The Balaban J connectivity index is 2.33. The van der Waals surface area contributed by atoms with Crippen molar-refractivity contribution in [3.63, 3.8) is 0 Å². The molecule has 2 amide bonds. The third-order valence-corrected chi connectivity index (χ3v) is 3.09. The molecule has 0 aliphatic rings. The van der Waals surface area contributed by atoms with Crippen molar-refractivity contribution in [3.05, 3.63) is 46.5 Å². The van der Waals surface area contributed by atoms with E-state index in [1.54, 1.807) is 24.3 Å². The summed E-state index contributed by atoms with van der Waals surface area (Å²) in [6.45, 7) is 0.0328. The van der Waals surface area contributed by atoms with Crippen LogP contribution in [0.25, 0.3) is 0 Å². The van der Waals surface area contributed by atoms with Crippen LogP contribution in [0.3, 0.4) is 0 Å². The molecule has 1 aromatic rings. The highest BCUT2D eigenvalue weighted by molar-refractivity contribution is 9.10. The Kier molecular flexibility index (Phi) is 7.17. The molecule has 0 aliphatic heterocycles. The highest BCUT2D eigenvalue weighted by Gasteiger charge is 2.10. The van der Waals surface area contributed by atoms with Gasteiger partial charge in [0.25, 0.3) is 5.91 Å². The molecule has 1 rings (SSSR count). The number of rotatable bonds is 6. The Morgan fingerprint density at radius 3 is 2.62 bits per heavy atom. The maximum atomic E-state index is 11.8. The number of methoxy groups -OCH3 is 1. The lowest BCUT2D eigenvalue weighted by atomic mass is 10.2. The number of amides is 2. The lowest BCUT2D eigenvalue weighted by Gasteiger charge is -2.06. The molecule has 6 nitrogen and oxygen atoms in total. The summed E-state index contributed by atoms with van der Waals surface area (Å²) in [6, 6.07) is 6.92. The van der Waals surface area contributed by atoms with Crippen LogP contribution in [-0.2, 0) is 14.3 Å². The fourth-order valence-corrected chi connectivity index (χ4v) is 1.82. The van der Waals surface area contributed by atoms with Gasteiger partial charge < -0.3 is 15.4 Å². The molecule has 0 unspecified atom stereocenters. The number of carbonyl (C=O) groups is 3. The van der Waals surface area contributed by atoms with Gasteiger partial charge in [-0.25, -0.2) is 4.79 Å². The molecule has 2 N–H and O–H groups in total. The van der Waals surface area contributed by atoms with Gasteiger partial charge in [-0.3, -0.25) is 9.59 Å². The lowest BCUT2D eigenvalue weighted by Crippen LogP contribution is -2.37. The number of nitrogens with one attached hydrogen (secondary N) is 2. The summed E-state index contributed by atoms with van der Waals surface area (Å²) in [6.07, 6.45) is 2.67. The summed E-state index contributed by atoms with van der Waals surface area (Å²) in [5.74, 6) is -1.20. The summed E-state index contributed by atoms with van der Waals surface area (Å²) in [5.41, 5.74) is 0.455. The van der Waals surface area contributed by atoms with Crippen LogP contribution in [-0.4, -0.2) is 38.0 Å². The average Bonchev–Trinajstić information content (AvgIpc) is 2.49. The Labute approximate surface area is 130 Å². The first-order valence-electron chi connectivity index (χ1n) is 6.08. The maximum Gasteiger partial charge on any atom is 0.330 e. The second kappa shape index (κ2) is 8.91. The first-order valence-corrected chi connectivity index (χ1v) is 6.87. The number of ether oxygens (including phenoxy) is 1. The van der Waals surface area contributed by atoms with Crippen molar-refractivity contribution in [2.45, 2.75) is 0 Å². The number of halogens is 1. The second-order valence-electron chi connectivity index (χ2n) is 3.89. The lowest BCUT2D eigenvalue weighted by molar-refractivity contribution is -0.134. The van der Waals surface area contributed by atoms with Gasteiger partial charge in [-0.2, -0.15) is 0 Å². The van der Waals surface area contributed by atoms with Crippen molar-refractivity contribution in [1.82, 2.24) is 10.6 Å². The quantitative estimate of drug-likeness (QED) is 0.590. The second-order valence-corrected chi connectivity index (χ2v) is 4.75. The smallest absolute Gasteiger partial charge is 0.330 e. The fourth-order valence-electron chi connectivity index (χ4n) is 1.36. The van der Waals surface area contributed by atoms with E-state index in [0.717, 1.165) is 0 Å². The van der Waals surface area contributed by atoms with Gasteiger partial charge >= 0.3 is 5.97 Å². The largest absolute Gasteiger partial charge is 0.466 e. The average molecular weight is 355 g/mol. The molecule has 0 radical (unpaired) electrons. The van der Waals surface area contributed by atoms with Gasteiger partial charge in [-0.15, -0.1) is 0 Å². The minimum absolute atomic E-state index is 0.147. The van der Waals surface area contributed by atoms with Gasteiger partial charge in [0, 0.05) is 17.1 Å². The van der Waals surface area contributed by atoms with Gasteiger partial charge in [0.1, 0.15) is 0 Å². The molecular weight excluding hydrogens is 340 g/mol. The minimum atomic E-state index is -0.494.